The quantitative estimate of drug-likeness (QED) is 0.0222. The van der Waals surface area contributed by atoms with Crippen LogP contribution >= 0.6 is 15.6 Å². The number of aliphatic hydroxyl groups is 1. The van der Waals surface area contributed by atoms with Crippen molar-refractivity contribution in [2.75, 3.05) is 39.6 Å². The molecule has 0 amide bonds. The van der Waals surface area contributed by atoms with Crippen molar-refractivity contribution in [1.29, 1.82) is 0 Å². The average molecular weight is 1330 g/mol. The minimum absolute atomic E-state index is 0.102. The van der Waals surface area contributed by atoms with E-state index >= 15 is 0 Å². The maximum Gasteiger partial charge on any atom is 0.472 e. The number of hydrogen-bond donors (Lipinski definition) is 3. The van der Waals surface area contributed by atoms with Crippen molar-refractivity contribution in [1.82, 2.24) is 0 Å². The molecule has 0 aromatic heterocycles. The van der Waals surface area contributed by atoms with E-state index in [4.69, 9.17) is 37.0 Å². The summed E-state index contributed by atoms with van der Waals surface area (Å²) in [6.45, 7) is 11.7. The number of aliphatic hydroxyl groups excluding tert-OH is 1. The smallest absolute Gasteiger partial charge is 0.462 e. The molecule has 90 heavy (non-hydrogen) atoms. The summed E-state index contributed by atoms with van der Waals surface area (Å²) in [7, 11) is -9.90. The summed E-state index contributed by atoms with van der Waals surface area (Å²) in [5.41, 5.74) is 0. The molecular formula is C71H138O17P2. The zero-order valence-corrected chi connectivity index (χ0v) is 60.4. The Morgan fingerprint density at radius 3 is 0.844 bits per heavy atom. The molecule has 3 N–H and O–H groups in total. The zero-order valence-electron chi connectivity index (χ0n) is 58.6. The highest BCUT2D eigenvalue weighted by Crippen LogP contribution is 2.45. The fourth-order valence-corrected chi connectivity index (χ4v) is 12.3. The molecule has 0 saturated heterocycles. The van der Waals surface area contributed by atoms with Gasteiger partial charge >= 0.3 is 39.5 Å². The van der Waals surface area contributed by atoms with Gasteiger partial charge in [0.1, 0.15) is 19.3 Å². The van der Waals surface area contributed by atoms with Crippen LogP contribution in [0.4, 0.5) is 0 Å². The van der Waals surface area contributed by atoms with Crippen LogP contribution in [0.15, 0.2) is 0 Å². The summed E-state index contributed by atoms with van der Waals surface area (Å²) in [5, 5.41) is 10.6. The molecular weight excluding hydrogens is 1190 g/mol. The summed E-state index contributed by atoms with van der Waals surface area (Å²) in [4.78, 5) is 72.5. The van der Waals surface area contributed by atoms with Crippen molar-refractivity contribution in [3.63, 3.8) is 0 Å². The Bertz CT molecular complexity index is 1770. The Morgan fingerprint density at radius 2 is 0.567 bits per heavy atom. The van der Waals surface area contributed by atoms with E-state index < -0.39 is 97.5 Å². The van der Waals surface area contributed by atoms with Gasteiger partial charge in [0.15, 0.2) is 12.2 Å². The number of rotatable bonds is 69. The van der Waals surface area contributed by atoms with E-state index in [-0.39, 0.29) is 25.7 Å². The van der Waals surface area contributed by atoms with Gasteiger partial charge in [0.05, 0.1) is 26.4 Å². The molecule has 0 rings (SSSR count). The lowest BCUT2D eigenvalue weighted by Crippen LogP contribution is -2.30. The molecule has 3 unspecified atom stereocenters. The lowest BCUT2D eigenvalue weighted by molar-refractivity contribution is -0.161. The van der Waals surface area contributed by atoms with Crippen molar-refractivity contribution in [3.05, 3.63) is 0 Å². The van der Waals surface area contributed by atoms with Crippen molar-refractivity contribution < 1.29 is 80.2 Å². The minimum atomic E-state index is -4.95. The molecule has 0 radical (unpaired) electrons. The van der Waals surface area contributed by atoms with Crippen LogP contribution < -0.4 is 0 Å². The van der Waals surface area contributed by atoms with Gasteiger partial charge in [-0.1, -0.05) is 305 Å². The molecule has 0 bridgehead atoms. The van der Waals surface area contributed by atoms with E-state index in [1.54, 1.807) is 0 Å². The fourth-order valence-electron chi connectivity index (χ4n) is 10.7. The Balaban J connectivity index is 5.23. The second kappa shape index (κ2) is 61.9. The largest absolute Gasteiger partial charge is 0.472 e. The molecule has 0 spiro atoms. The first-order chi connectivity index (χ1) is 43.3. The van der Waals surface area contributed by atoms with Gasteiger partial charge in [-0.05, 0) is 43.4 Å². The van der Waals surface area contributed by atoms with E-state index in [1.165, 1.54) is 161 Å². The predicted molar refractivity (Wildman–Crippen MR) is 363 cm³/mol. The lowest BCUT2D eigenvalue weighted by Gasteiger charge is -2.21. The van der Waals surface area contributed by atoms with Gasteiger partial charge in [-0.15, -0.1) is 0 Å². The second-order valence-corrected chi connectivity index (χ2v) is 29.7. The summed E-state index contributed by atoms with van der Waals surface area (Å²) < 4.78 is 68.3. The number of phosphoric acid groups is 2. The topological polar surface area (TPSA) is 237 Å². The highest BCUT2D eigenvalue weighted by molar-refractivity contribution is 7.47. The van der Waals surface area contributed by atoms with E-state index in [1.807, 2.05) is 0 Å². The first-order valence-electron chi connectivity index (χ1n) is 36.9. The fraction of sp³-hybridized carbons (Fsp3) is 0.944. The third kappa shape index (κ3) is 63.5. The predicted octanol–water partition coefficient (Wildman–Crippen LogP) is 20.2. The van der Waals surface area contributed by atoms with E-state index in [9.17, 15) is 43.2 Å². The molecule has 0 aliphatic heterocycles. The molecule has 0 aromatic carbocycles. The SMILES string of the molecule is CCCCCCCCCCCCCCCCCCCC(=O)O[C@H](COC(=O)CCCCCCCCCCCCC(C)CC)COP(=O)(O)OC[C@@H](O)COP(=O)(O)OC[C@@H](COC(=O)CCCCCCCCC(C)C)OC(=O)CCCCCCCCCC(C)C. The number of carbonyl (C=O) groups excluding carboxylic acids is 4. The second-order valence-electron chi connectivity index (χ2n) is 26.8. The van der Waals surface area contributed by atoms with Crippen LogP contribution in [0.2, 0.25) is 0 Å². The van der Waals surface area contributed by atoms with Crippen LogP contribution in [0.1, 0.15) is 357 Å². The number of esters is 4. The number of unbranched alkanes of at least 4 members (excludes halogenated alkanes) is 36. The van der Waals surface area contributed by atoms with Crippen LogP contribution in [0.5, 0.6) is 0 Å². The van der Waals surface area contributed by atoms with Crippen molar-refractivity contribution in [2.45, 2.75) is 375 Å². The molecule has 0 fully saturated rings. The molecule has 0 aliphatic rings. The van der Waals surface area contributed by atoms with Crippen LogP contribution in [-0.2, 0) is 65.4 Å². The molecule has 534 valence electrons. The number of phosphoric ester groups is 2. The number of carbonyl (C=O) groups is 4. The van der Waals surface area contributed by atoms with Crippen LogP contribution in [0.3, 0.4) is 0 Å². The Kier molecular flexibility index (Phi) is 60.6. The maximum atomic E-state index is 13.0. The summed E-state index contributed by atoms with van der Waals surface area (Å²) >= 11 is 0. The van der Waals surface area contributed by atoms with Crippen molar-refractivity contribution >= 4 is 39.5 Å². The Labute approximate surface area is 549 Å². The number of hydrogen-bond acceptors (Lipinski definition) is 15. The van der Waals surface area contributed by atoms with Crippen LogP contribution in [-0.4, -0.2) is 96.7 Å². The summed E-state index contributed by atoms with van der Waals surface area (Å²) in [5.74, 6) is 0.0559. The van der Waals surface area contributed by atoms with Gasteiger partial charge < -0.3 is 33.8 Å². The van der Waals surface area contributed by atoms with Gasteiger partial charge in [0, 0.05) is 25.7 Å². The van der Waals surface area contributed by atoms with Crippen LogP contribution in [0.25, 0.3) is 0 Å². The zero-order chi connectivity index (χ0) is 66.6. The lowest BCUT2D eigenvalue weighted by atomic mass is 9.99. The molecule has 0 aliphatic carbocycles. The normalized spacial score (nSPS) is 14.5. The first kappa shape index (κ1) is 88.1. The molecule has 17 nitrogen and oxygen atoms in total. The minimum Gasteiger partial charge on any atom is -0.462 e. The number of ether oxygens (including phenoxy) is 4. The van der Waals surface area contributed by atoms with Gasteiger partial charge in [-0.2, -0.15) is 0 Å². The Hall–Kier alpha value is -1.94. The van der Waals surface area contributed by atoms with E-state index in [0.29, 0.717) is 37.5 Å². The monoisotopic (exact) mass is 1320 g/mol. The van der Waals surface area contributed by atoms with Crippen molar-refractivity contribution in [2.24, 2.45) is 17.8 Å². The highest BCUT2D eigenvalue weighted by atomic mass is 31.2. The van der Waals surface area contributed by atoms with Gasteiger partial charge in [0.2, 0.25) is 0 Å². The third-order valence-corrected chi connectivity index (χ3v) is 18.6. The van der Waals surface area contributed by atoms with E-state index in [0.717, 1.165) is 102 Å². The van der Waals surface area contributed by atoms with Crippen molar-refractivity contribution in [3.8, 4) is 0 Å². The van der Waals surface area contributed by atoms with Crippen LogP contribution in [0, 0.1) is 17.8 Å². The third-order valence-electron chi connectivity index (χ3n) is 16.7. The average Bonchev–Trinajstić information content (AvgIpc) is 3.01. The summed E-state index contributed by atoms with van der Waals surface area (Å²) in [6, 6.07) is 0. The molecule has 19 heteroatoms. The summed E-state index contributed by atoms with van der Waals surface area (Å²) in [6.07, 6.45) is 46.0. The van der Waals surface area contributed by atoms with Gasteiger partial charge in [0.25, 0.3) is 0 Å². The molecule has 0 heterocycles. The molecule has 0 aromatic rings. The highest BCUT2D eigenvalue weighted by Gasteiger charge is 2.30. The van der Waals surface area contributed by atoms with E-state index in [2.05, 4.69) is 48.5 Å². The Morgan fingerprint density at radius 1 is 0.322 bits per heavy atom. The molecule has 6 atom stereocenters. The van der Waals surface area contributed by atoms with Gasteiger partial charge in [-0.25, -0.2) is 9.13 Å². The standard InChI is InChI=1S/C71H138O17P2/c1-8-10-11-12-13-14-15-16-17-18-19-20-21-26-31-40-47-54-70(75)87-66(58-81-68(73)52-45-38-30-25-23-22-24-29-37-44-51-64(7)9-2)60-85-89(77,78)83-56-65(72)57-84-90(79,80)86-61-67(59-82-69(74)53-46-39-34-33-36-43-50-63(5)6)88-71(76)55-48-41-32-27-28-35-42-49-62(3)4/h62-67,72H,8-61H2,1-7H3,(H,77,78)(H,79,80)/t64?,65-,66-,67-/m1/s1. The first-order valence-corrected chi connectivity index (χ1v) is 39.9. The molecule has 0 saturated carbocycles. The van der Waals surface area contributed by atoms with Gasteiger partial charge in [-0.3, -0.25) is 37.3 Å². The maximum absolute atomic E-state index is 13.0.